The zero-order valence-corrected chi connectivity index (χ0v) is 17.7. The van der Waals surface area contributed by atoms with Gasteiger partial charge in [0.25, 0.3) is 0 Å². The molecule has 2 aromatic carbocycles. The molecule has 0 spiro atoms. The van der Waals surface area contributed by atoms with Crippen molar-refractivity contribution >= 4 is 29.6 Å². The standard InChI is InChI=1S/C24H26O4S/c1-3-5-6-7-15-28-18-13-11-17(12-14-18)16-21-22(25)19-9-8-10-20(23(19)29-21)24(26)27-4-2/h8-14,16H,3-7,15H2,1-2H3/b21-16-. The van der Waals surface area contributed by atoms with Gasteiger partial charge < -0.3 is 9.47 Å². The summed E-state index contributed by atoms with van der Waals surface area (Å²) in [6, 6.07) is 12.9. The second-order valence-electron chi connectivity index (χ2n) is 6.82. The van der Waals surface area contributed by atoms with Crippen molar-refractivity contribution in [1.29, 1.82) is 0 Å². The molecule has 4 nitrogen and oxygen atoms in total. The number of carbonyl (C=O) groups excluding carboxylic acids is 2. The van der Waals surface area contributed by atoms with E-state index in [1.807, 2.05) is 30.3 Å². The average Bonchev–Trinajstić information content (AvgIpc) is 3.05. The average molecular weight is 411 g/mol. The van der Waals surface area contributed by atoms with Crippen molar-refractivity contribution in [3.05, 3.63) is 64.1 Å². The maximum absolute atomic E-state index is 12.8. The zero-order chi connectivity index (χ0) is 20.6. The van der Waals surface area contributed by atoms with E-state index in [0.29, 0.717) is 27.5 Å². The molecule has 29 heavy (non-hydrogen) atoms. The van der Waals surface area contributed by atoms with Crippen LogP contribution in [0.3, 0.4) is 0 Å². The number of hydrogen-bond donors (Lipinski definition) is 0. The molecule has 5 heteroatoms. The number of rotatable bonds is 9. The summed E-state index contributed by atoms with van der Waals surface area (Å²) < 4.78 is 10.9. The van der Waals surface area contributed by atoms with Gasteiger partial charge in [0.1, 0.15) is 5.75 Å². The monoisotopic (exact) mass is 410 g/mol. The predicted octanol–water partition coefficient (Wildman–Crippen LogP) is 6.15. The Balaban J connectivity index is 1.69. The Kier molecular flexibility index (Phi) is 7.53. The Morgan fingerprint density at radius 2 is 1.83 bits per heavy atom. The van der Waals surface area contributed by atoms with Crippen LogP contribution < -0.4 is 4.74 Å². The third kappa shape index (κ3) is 5.30. The number of benzene rings is 2. The highest BCUT2D eigenvalue weighted by Gasteiger charge is 2.30. The summed E-state index contributed by atoms with van der Waals surface area (Å²) in [5.41, 5.74) is 1.92. The van der Waals surface area contributed by atoms with E-state index in [1.165, 1.54) is 31.0 Å². The van der Waals surface area contributed by atoms with Crippen molar-refractivity contribution in [2.24, 2.45) is 0 Å². The van der Waals surface area contributed by atoms with Gasteiger partial charge in [0, 0.05) is 10.5 Å². The summed E-state index contributed by atoms with van der Waals surface area (Å²) >= 11 is 1.33. The number of unbranched alkanes of at least 4 members (excludes halogenated alkanes) is 3. The highest BCUT2D eigenvalue weighted by Crippen LogP contribution is 2.43. The molecule has 152 valence electrons. The first-order valence-corrected chi connectivity index (χ1v) is 10.9. The van der Waals surface area contributed by atoms with E-state index in [2.05, 4.69) is 6.92 Å². The Morgan fingerprint density at radius 3 is 2.55 bits per heavy atom. The molecule has 0 saturated carbocycles. The smallest absolute Gasteiger partial charge is 0.339 e. The molecule has 0 N–H and O–H groups in total. The molecule has 0 bridgehead atoms. The molecule has 3 rings (SSSR count). The highest BCUT2D eigenvalue weighted by molar-refractivity contribution is 8.05. The van der Waals surface area contributed by atoms with Crippen molar-refractivity contribution in [2.75, 3.05) is 13.2 Å². The van der Waals surface area contributed by atoms with E-state index in [0.717, 1.165) is 24.3 Å². The minimum Gasteiger partial charge on any atom is -0.494 e. The number of esters is 1. The predicted molar refractivity (Wildman–Crippen MR) is 117 cm³/mol. The van der Waals surface area contributed by atoms with Crippen LogP contribution in [0.5, 0.6) is 5.75 Å². The summed E-state index contributed by atoms with van der Waals surface area (Å²) in [5.74, 6) is 0.376. The van der Waals surface area contributed by atoms with Crippen LogP contribution in [0.25, 0.3) is 6.08 Å². The first-order valence-electron chi connectivity index (χ1n) is 10.1. The second kappa shape index (κ2) is 10.3. The van der Waals surface area contributed by atoms with Crippen molar-refractivity contribution in [2.45, 2.75) is 44.4 Å². The van der Waals surface area contributed by atoms with Crippen molar-refractivity contribution in [1.82, 2.24) is 0 Å². The van der Waals surface area contributed by atoms with Crippen LogP contribution in [0.2, 0.25) is 0 Å². The summed E-state index contributed by atoms with van der Waals surface area (Å²) in [5, 5.41) is 0. The number of hydrogen-bond acceptors (Lipinski definition) is 5. The molecule has 1 aliphatic heterocycles. The van der Waals surface area contributed by atoms with Crippen LogP contribution in [-0.4, -0.2) is 25.0 Å². The fourth-order valence-electron chi connectivity index (χ4n) is 3.11. The molecule has 0 radical (unpaired) electrons. The Morgan fingerprint density at radius 1 is 1.03 bits per heavy atom. The van der Waals surface area contributed by atoms with E-state index in [1.54, 1.807) is 25.1 Å². The number of fused-ring (bicyclic) bond motifs is 1. The number of ketones is 1. The molecule has 0 aromatic heterocycles. The SMILES string of the molecule is CCCCCCOc1ccc(/C=C2\Sc3c(C(=O)OCC)cccc3C2=O)cc1. The number of allylic oxidation sites excluding steroid dienone is 1. The van der Waals surface area contributed by atoms with Gasteiger partial charge in [-0.3, -0.25) is 4.79 Å². The lowest BCUT2D eigenvalue weighted by Crippen LogP contribution is -2.06. The first kappa shape index (κ1) is 21.2. The third-order valence-electron chi connectivity index (χ3n) is 4.64. The molecule has 0 atom stereocenters. The van der Waals surface area contributed by atoms with Crippen LogP contribution in [0.4, 0.5) is 0 Å². The summed E-state index contributed by atoms with van der Waals surface area (Å²) in [7, 11) is 0. The number of Topliss-reactive ketones (excluding diaryl/α,β-unsaturated/α-hetero) is 1. The van der Waals surface area contributed by atoms with E-state index in [-0.39, 0.29) is 5.78 Å². The van der Waals surface area contributed by atoms with Gasteiger partial charge in [0.2, 0.25) is 5.78 Å². The van der Waals surface area contributed by atoms with Gasteiger partial charge in [-0.25, -0.2) is 4.79 Å². The molecule has 1 heterocycles. The second-order valence-corrected chi connectivity index (χ2v) is 7.87. The first-order chi connectivity index (χ1) is 14.1. The molecule has 0 aliphatic carbocycles. The van der Waals surface area contributed by atoms with Crippen LogP contribution in [0, 0.1) is 0 Å². The fraction of sp³-hybridized carbons (Fsp3) is 0.333. The lowest BCUT2D eigenvalue weighted by Gasteiger charge is -2.06. The van der Waals surface area contributed by atoms with E-state index in [4.69, 9.17) is 9.47 Å². The maximum Gasteiger partial charge on any atom is 0.339 e. The Hall–Kier alpha value is -2.53. The van der Waals surface area contributed by atoms with Gasteiger partial charge in [-0.15, -0.1) is 0 Å². The van der Waals surface area contributed by atoms with Gasteiger partial charge in [0.15, 0.2) is 0 Å². The van der Waals surface area contributed by atoms with Gasteiger partial charge in [0.05, 0.1) is 23.7 Å². The Labute approximate surface area is 176 Å². The van der Waals surface area contributed by atoms with Crippen molar-refractivity contribution < 1.29 is 19.1 Å². The summed E-state index contributed by atoms with van der Waals surface area (Å²) in [6.45, 7) is 4.98. The molecule has 0 amide bonds. The van der Waals surface area contributed by atoms with Gasteiger partial charge in [-0.1, -0.05) is 56.1 Å². The van der Waals surface area contributed by atoms with Crippen molar-refractivity contribution in [3.8, 4) is 5.75 Å². The normalized spacial score (nSPS) is 14.1. The van der Waals surface area contributed by atoms with Crippen LogP contribution in [0.15, 0.2) is 52.3 Å². The van der Waals surface area contributed by atoms with Gasteiger partial charge >= 0.3 is 5.97 Å². The summed E-state index contributed by atoms with van der Waals surface area (Å²) in [6.07, 6.45) is 6.56. The van der Waals surface area contributed by atoms with Gasteiger partial charge in [-0.2, -0.15) is 0 Å². The quantitative estimate of drug-likeness (QED) is 0.282. The maximum atomic E-state index is 12.8. The van der Waals surface area contributed by atoms with E-state index < -0.39 is 5.97 Å². The molecule has 1 aliphatic rings. The lowest BCUT2D eigenvalue weighted by molar-refractivity contribution is 0.0522. The van der Waals surface area contributed by atoms with Crippen LogP contribution in [-0.2, 0) is 4.74 Å². The molecule has 0 unspecified atom stereocenters. The topological polar surface area (TPSA) is 52.6 Å². The molecule has 0 saturated heterocycles. The van der Waals surface area contributed by atoms with Crippen molar-refractivity contribution in [3.63, 3.8) is 0 Å². The van der Waals surface area contributed by atoms with E-state index >= 15 is 0 Å². The molecular weight excluding hydrogens is 384 g/mol. The minimum atomic E-state index is -0.397. The fourth-order valence-corrected chi connectivity index (χ4v) is 4.26. The lowest BCUT2D eigenvalue weighted by atomic mass is 10.1. The Bertz CT molecular complexity index is 900. The van der Waals surface area contributed by atoms with E-state index in [9.17, 15) is 9.59 Å². The number of thioether (sulfide) groups is 1. The third-order valence-corrected chi connectivity index (χ3v) is 5.80. The number of ether oxygens (including phenoxy) is 2. The highest BCUT2D eigenvalue weighted by atomic mass is 32.2. The molecular formula is C24H26O4S. The molecule has 2 aromatic rings. The minimum absolute atomic E-state index is 0.0626. The number of carbonyl (C=O) groups is 2. The van der Waals surface area contributed by atoms with Crippen LogP contribution in [0.1, 0.15) is 65.8 Å². The zero-order valence-electron chi connectivity index (χ0n) is 16.9. The van der Waals surface area contributed by atoms with Gasteiger partial charge in [-0.05, 0) is 49.2 Å². The van der Waals surface area contributed by atoms with Crippen LogP contribution >= 0.6 is 11.8 Å². The largest absolute Gasteiger partial charge is 0.494 e. The summed E-state index contributed by atoms with van der Waals surface area (Å²) in [4.78, 5) is 26.2. The molecule has 0 fully saturated rings.